The van der Waals surface area contributed by atoms with Crippen LogP contribution in [0.15, 0.2) is 12.1 Å². The Hall–Kier alpha value is -1.18. The molecule has 1 heterocycles. The summed E-state index contributed by atoms with van der Waals surface area (Å²) in [5.41, 5.74) is 11.0. The second-order valence-electron chi connectivity index (χ2n) is 5.53. The number of aryl methyl sites for hydroxylation is 2. The Morgan fingerprint density at radius 3 is 2.18 bits per heavy atom. The highest BCUT2D eigenvalue weighted by Crippen LogP contribution is 2.34. The zero-order valence-electron chi connectivity index (χ0n) is 11.5. The fraction of sp³-hybridized carbons (Fsp3) is 0.600. The predicted octanol–water partition coefficient (Wildman–Crippen LogP) is 3.65. The van der Waals surface area contributed by atoms with E-state index in [9.17, 15) is 0 Å². The lowest BCUT2D eigenvalue weighted by molar-refractivity contribution is 0.414. The third-order valence-electron chi connectivity index (χ3n) is 4.11. The number of hydrogen-bond acceptors (Lipinski definition) is 2. The maximum absolute atomic E-state index is 6.20. The molecule has 2 heteroatoms. The molecular formula is C15H24N2. The second kappa shape index (κ2) is 4.59. The largest absolute Gasteiger partial charge is 0.397 e. The lowest BCUT2D eigenvalue weighted by atomic mass is 9.95. The number of nitrogens with two attached hydrogens (primary N) is 1. The average Bonchev–Trinajstić information content (AvgIpc) is 2.25. The molecule has 0 aliphatic carbocycles. The summed E-state index contributed by atoms with van der Waals surface area (Å²) in [5, 5.41) is 0. The van der Waals surface area contributed by atoms with Crippen molar-refractivity contribution in [2.24, 2.45) is 0 Å². The molecular weight excluding hydrogens is 208 g/mol. The minimum absolute atomic E-state index is 0.600. The van der Waals surface area contributed by atoms with Crippen molar-refractivity contribution in [3.63, 3.8) is 0 Å². The lowest BCUT2D eigenvalue weighted by Crippen LogP contribution is -2.44. The number of piperidine rings is 1. The van der Waals surface area contributed by atoms with Crippen LogP contribution in [-0.4, -0.2) is 12.1 Å². The van der Waals surface area contributed by atoms with E-state index in [1.807, 2.05) is 0 Å². The summed E-state index contributed by atoms with van der Waals surface area (Å²) >= 11 is 0. The first kappa shape index (κ1) is 12.3. The average molecular weight is 232 g/mol. The van der Waals surface area contributed by atoms with Crippen LogP contribution in [0.5, 0.6) is 0 Å². The molecule has 0 bridgehead atoms. The molecule has 0 saturated carbocycles. The van der Waals surface area contributed by atoms with Crippen molar-refractivity contribution in [2.45, 2.75) is 59.0 Å². The molecule has 1 aliphatic rings. The van der Waals surface area contributed by atoms with Gasteiger partial charge in [-0.1, -0.05) is 0 Å². The Balaban J connectivity index is 2.41. The van der Waals surface area contributed by atoms with Crippen molar-refractivity contribution in [1.29, 1.82) is 0 Å². The summed E-state index contributed by atoms with van der Waals surface area (Å²) in [6, 6.07) is 5.56. The van der Waals surface area contributed by atoms with Crippen LogP contribution in [-0.2, 0) is 0 Å². The minimum atomic E-state index is 0.600. The van der Waals surface area contributed by atoms with E-state index in [-0.39, 0.29) is 0 Å². The maximum Gasteiger partial charge on any atom is 0.0607 e. The normalized spacial score (nSPS) is 25.1. The van der Waals surface area contributed by atoms with Crippen molar-refractivity contribution < 1.29 is 0 Å². The SMILES string of the molecule is Cc1cc(N)c(N2[C@@H](C)CCC[C@@H]2C)cc1C. The van der Waals surface area contributed by atoms with Gasteiger partial charge < -0.3 is 10.6 Å². The van der Waals surface area contributed by atoms with Gasteiger partial charge in [0.25, 0.3) is 0 Å². The van der Waals surface area contributed by atoms with Gasteiger partial charge in [-0.3, -0.25) is 0 Å². The molecule has 1 saturated heterocycles. The van der Waals surface area contributed by atoms with Gasteiger partial charge in [0.2, 0.25) is 0 Å². The quantitative estimate of drug-likeness (QED) is 0.749. The second-order valence-corrected chi connectivity index (χ2v) is 5.53. The van der Waals surface area contributed by atoms with Crippen molar-refractivity contribution in [2.75, 3.05) is 10.6 Å². The van der Waals surface area contributed by atoms with Gasteiger partial charge in [-0.25, -0.2) is 0 Å². The molecule has 17 heavy (non-hydrogen) atoms. The highest BCUT2D eigenvalue weighted by molar-refractivity contribution is 5.70. The van der Waals surface area contributed by atoms with Gasteiger partial charge in [-0.05, 0) is 70.2 Å². The van der Waals surface area contributed by atoms with Gasteiger partial charge in [0.15, 0.2) is 0 Å². The van der Waals surface area contributed by atoms with Crippen LogP contribution in [0.3, 0.4) is 0 Å². The number of nitrogens with zero attached hydrogens (tertiary/aromatic N) is 1. The molecule has 1 aromatic carbocycles. The van der Waals surface area contributed by atoms with E-state index < -0.39 is 0 Å². The Kier molecular flexibility index (Phi) is 3.32. The Labute approximate surface area is 105 Å². The molecule has 0 amide bonds. The maximum atomic E-state index is 6.20. The lowest BCUT2D eigenvalue weighted by Gasteiger charge is -2.41. The first-order chi connectivity index (χ1) is 8.00. The standard InChI is InChI=1S/C15H24N2/c1-10-8-14(16)15(9-11(10)2)17-12(3)6-5-7-13(17)4/h8-9,12-13H,5-7,16H2,1-4H3/t12-,13-/m0/s1. The van der Waals surface area contributed by atoms with E-state index >= 15 is 0 Å². The van der Waals surface area contributed by atoms with Crippen LogP contribution in [0, 0.1) is 13.8 Å². The van der Waals surface area contributed by atoms with Crippen LogP contribution in [0.2, 0.25) is 0 Å². The molecule has 2 atom stereocenters. The molecule has 1 aliphatic heterocycles. The third-order valence-corrected chi connectivity index (χ3v) is 4.11. The van der Waals surface area contributed by atoms with Crippen LogP contribution in [0.25, 0.3) is 0 Å². The van der Waals surface area contributed by atoms with Gasteiger partial charge in [0.05, 0.1) is 11.4 Å². The zero-order valence-corrected chi connectivity index (χ0v) is 11.5. The van der Waals surface area contributed by atoms with Crippen LogP contribution >= 0.6 is 0 Å². The van der Waals surface area contributed by atoms with Crippen molar-refractivity contribution >= 4 is 11.4 Å². The highest BCUT2D eigenvalue weighted by Gasteiger charge is 2.26. The monoisotopic (exact) mass is 232 g/mol. The molecule has 0 radical (unpaired) electrons. The Morgan fingerprint density at radius 1 is 1.06 bits per heavy atom. The highest BCUT2D eigenvalue weighted by atomic mass is 15.2. The third kappa shape index (κ3) is 2.26. The number of hydrogen-bond donors (Lipinski definition) is 1. The fourth-order valence-corrected chi connectivity index (χ4v) is 2.94. The Morgan fingerprint density at radius 2 is 1.59 bits per heavy atom. The molecule has 2 N–H and O–H groups in total. The molecule has 1 fully saturated rings. The van der Waals surface area contributed by atoms with Crippen LogP contribution in [0.4, 0.5) is 11.4 Å². The number of benzene rings is 1. The number of rotatable bonds is 1. The van der Waals surface area contributed by atoms with E-state index in [0.717, 1.165) is 5.69 Å². The van der Waals surface area contributed by atoms with E-state index in [1.54, 1.807) is 0 Å². The molecule has 0 aromatic heterocycles. The smallest absolute Gasteiger partial charge is 0.0607 e. The van der Waals surface area contributed by atoms with Crippen LogP contribution in [0.1, 0.15) is 44.2 Å². The summed E-state index contributed by atoms with van der Waals surface area (Å²) in [4.78, 5) is 2.51. The van der Waals surface area contributed by atoms with Crippen LogP contribution < -0.4 is 10.6 Å². The molecule has 0 unspecified atom stereocenters. The van der Waals surface area contributed by atoms with E-state index in [1.165, 1.54) is 36.1 Å². The zero-order chi connectivity index (χ0) is 12.6. The minimum Gasteiger partial charge on any atom is -0.397 e. The molecule has 0 spiro atoms. The molecule has 2 nitrogen and oxygen atoms in total. The van der Waals surface area contributed by atoms with Gasteiger partial charge >= 0.3 is 0 Å². The van der Waals surface area contributed by atoms with E-state index in [4.69, 9.17) is 5.73 Å². The molecule has 1 aromatic rings. The van der Waals surface area contributed by atoms with Crippen molar-refractivity contribution in [3.8, 4) is 0 Å². The van der Waals surface area contributed by atoms with Gasteiger partial charge in [0.1, 0.15) is 0 Å². The Bertz CT molecular complexity index is 402. The van der Waals surface area contributed by atoms with Gasteiger partial charge in [0, 0.05) is 12.1 Å². The first-order valence-electron chi connectivity index (χ1n) is 6.65. The summed E-state index contributed by atoms with van der Waals surface area (Å²) in [6.45, 7) is 8.91. The van der Waals surface area contributed by atoms with Crippen molar-refractivity contribution in [3.05, 3.63) is 23.3 Å². The number of anilines is 2. The number of nitrogen functional groups attached to an aromatic ring is 1. The predicted molar refractivity (Wildman–Crippen MR) is 75.6 cm³/mol. The fourth-order valence-electron chi connectivity index (χ4n) is 2.94. The van der Waals surface area contributed by atoms with E-state index in [0.29, 0.717) is 12.1 Å². The summed E-state index contributed by atoms with van der Waals surface area (Å²) in [7, 11) is 0. The molecule has 94 valence electrons. The summed E-state index contributed by atoms with van der Waals surface area (Å²) in [5.74, 6) is 0. The van der Waals surface area contributed by atoms with Gasteiger partial charge in [-0.2, -0.15) is 0 Å². The first-order valence-corrected chi connectivity index (χ1v) is 6.65. The topological polar surface area (TPSA) is 29.3 Å². The van der Waals surface area contributed by atoms with Gasteiger partial charge in [-0.15, -0.1) is 0 Å². The van der Waals surface area contributed by atoms with Crippen molar-refractivity contribution in [1.82, 2.24) is 0 Å². The van der Waals surface area contributed by atoms with E-state index in [2.05, 4.69) is 44.7 Å². The molecule has 2 rings (SSSR count). The summed E-state index contributed by atoms with van der Waals surface area (Å²) < 4.78 is 0. The summed E-state index contributed by atoms with van der Waals surface area (Å²) in [6.07, 6.45) is 3.89.